The van der Waals surface area contributed by atoms with Gasteiger partial charge in [-0.05, 0) is 65.1 Å². The summed E-state index contributed by atoms with van der Waals surface area (Å²) in [4.78, 5) is 13.6. The molecule has 1 saturated carbocycles. The normalized spacial score (nSPS) is 17.9. The molecule has 0 aromatic rings. The van der Waals surface area contributed by atoms with E-state index in [1.807, 2.05) is 6.92 Å². The van der Waals surface area contributed by atoms with Gasteiger partial charge in [0.15, 0.2) is 0 Å². The van der Waals surface area contributed by atoms with Crippen molar-refractivity contribution in [2.75, 3.05) is 39.9 Å². The Kier molecular flexibility index (Phi) is 8.22. The fourth-order valence-corrected chi connectivity index (χ4v) is 2.24. The Labute approximate surface area is 129 Å². The van der Waals surface area contributed by atoms with Crippen molar-refractivity contribution in [1.29, 1.82) is 0 Å². The predicted octanol–water partition coefficient (Wildman–Crippen LogP) is 1.97. The molecule has 1 aliphatic rings. The molecule has 124 valence electrons. The summed E-state index contributed by atoms with van der Waals surface area (Å²) >= 11 is 0. The van der Waals surface area contributed by atoms with Gasteiger partial charge >= 0.3 is 5.97 Å². The number of carbonyl (C=O) groups is 1. The van der Waals surface area contributed by atoms with E-state index in [0.717, 1.165) is 51.6 Å². The summed E-state index contributed by atoms with van der Waals surface area (Å²) in [5, 5.41) is 12.5. The van der Waals surface area contributed by atoms with E-state index in [1.165, 1.54) is 12.8 Å². The van der Waals surface area contributed by atoms with Crippen LogP contribution in [0.3, 0.4) is 0 Å². The Bertz CT molecular complexity index is 308. The van der Waals surface area contributed by atoms with Crippen LogP contribution in [0.2, 0.25) is 0 Å². The van der Waals surface area contributed by atoms with Crippen LogP contribution in [0, 0.1) is 5.92 Å². The molecule has 0 aliphatic heterocycles. The molecule has 0 radical (unpaired) electrons. The van der Waals surface area contributed by atoms with Gasteiger partial charge in [0.25, 0.3) is 0 Å². The SMILES string of the molecule is CCCNC(C)(CCCN(C)CCOCC1CC1)C(=O)O. The molecular formula is C16H32N2O3. The Morgan fingerprint density at radius 3 is 2.71 bits per heavy atom. The minimum absolute atomic E-state index is 0.648. The van der Waals surface area contributed by atoms with Crippen LogP contribution in [0.5, 0.6) is 0 Å². The van der Waals surface area contributed by atoms with Crippen molar-refractivity contribution >= 4 is 5.97 Å². The molecule has 5 heteroatoms. The minimum Gasteiger partial charge on any atom is -0.480 e. The van der Waals surface area contributed by atoms with Crippen molar-refractivity contribution in [2.45, 2.75) is 51.5 Å². The molecule has 0 saturated heterocycles. The lowest BCUT2D eigenvalue weighted by atomic mass is 9.95. The number of aliphatic carboxylic acids is 1. The molecule has 1 rings (SSSR count). The zero-order valence-electron chi connectivity index (χ0n) is 13.9. The highest BCUT2D eigenvalue weighted by Crippen LogP contribution is 2.28. The topological polar surface area (TPSA) is 61.8 Å². The second-order valence-corrected chi connectivity index (χ2v) is 6.49. The maximum Gasteiger partial charge on any atom is 0.323 e. The zero-order valence-corrected chi connectivity index (χ0v) is 13.9. The van der Waals surface area contributed by atoms with E-state index in [-0.39, 0.29) is 0 Å². The third-order valence-electron chi connectivity index (χ3n) is 4.12. The van der Waals surface area contributed by atoms with Gasteiger partial charge in [0.1, 0.15) is 5.54 Å². The van der Waals surface area contributed by atoms with E-state index in [4.69, 9.17) is 4.74 Å². The number of ether oxygens (including phenoxy) is 1. The first-order chi connectivity index (χ1) is 9.98. The lowest BCUT2D eigenvalue weighted by Crippen LogP contribution is -2.50. The van der Waals surface area contributed by atoms with Crippen LogP contribution in [-0.2, 0) is 9.53 Å². The standard InChI is InChI=1S/C16H32N2O3/c1-4-9-17-16(2,15(19)20)8-5-10-18(3)11-12-21-13-14-6-7-14/h14,17H,4-13H2,1-3H3,(H,19,20). The smallest absolute Gasteiger partial charge is 0.323 e. The number of rotatable bonds is 13. The van der Waals surface area contributed by atoms with Crippen LogP contribution in [0.1, 0.15) is 46.0 Å². The number of carboxylic acids is 1. The van der Waals surface area contributed by atoms with E-state index in [9.17, 15) is 9.90 Å². The highest BCUT2D eigenvalue weighted by Gasteiger charge is 2.31. The van der Waals surface area contributed by atoms with E-state index >= 15 is 0 Å². The molecule has 0 heterocycles. The van der Waals surface area contributed by atoms with Crippen LogP contribution in [0.15, 0.2) is 0 Å². The van der Waals surface area contributed by atoms with Gasteiger partial charge in [0.05, 0.1) is 6.61 Å². The summed E-state index contributed by atoms with van der Waals surface area (Å²) < 4.78 is 5.62. The van der Waals surface area contributed by atoms with Gasteiger partial charge < -0.3 is 20.1 Å². The number of hydrogen-bond acceptors (Lipinski definition) is 4. The minimum atomic E-state index is -0.806. The second kappa shape index (κ2) is 9.38. The van der Waals surface area contributed by atoms with Gasteiger partial charge in [-0.2, -0.15) is 0 Å². The monoisotopic (exact) mass is 300 g/mol. The third kappa shape index (κ3) is 7.79. The maximum absolute atomic E-state index is 11.4. The quantitative estimate of drug-likeness (QED) is 0.509. The van der Waals surface area contributed by atoms with E-state index < -0.39 is 11.5 Å². The van der Waals surface area contributed by atoms with Crippen LogP contribution in [-0.4, -0.2) is 61.4 Å². The Hall–Kier alpha value is -0.650. The highest BCUT2D eigenvalue weighted by atomic mass is 16.5. The lowest BCUT2D eigenvalue weighted by molar-refractivity contribution is -0.144. The van der Waals surface area contributed by atoms with E-state index in [1.54, 1.807) is 6.92 Å². The first-order valence-electron chi connectivity index (χ1n) is 8.22. The molecule has 1 unspecified atom stereocenters. The number of hydrogen-bond donors (Lipinski definition) is 2. The summed E-state index contributed by atoms with van der Waals surface area (Å²) in [6.45, 7) is 8.08. The molecule has 2 N–H and O–H groups in total. The van der Waals surface area contributed by atoms with Gasteiger partial charge in [-0.15, -0.1) is 0 Å². The molecule has 0 aromatic carbocycles. The lowest BCUT2D eigenvalue weighted by Gasteiger charge is -2.27. The first kappa shape index (κ1) is 18.4. The molecule has 0 aromatic heterocycles. The number of carboxylic acid groups (broad SMARTS) is 1. The molecule has 0 amide bonds. The summed E-state index contributed by atoms with van der Waals surface area (Å²) in [7, 11) is 2.07. The fourth-order valence-electron chi connectivity index (χ4n) is 2.24. The Balaban J connectivity index is 2.11. The van der Waals surface area contributed by atoms with Crippen LogP contribution in [0.25, 0.3) is 0 Å². The average molecular weight is 300 g/mol. The van der Waals surface area contributed by atoms with E-state index in [0.29, 0.717) is 6.42 Å². The first-order valence-corrected chi connectivity index (χ1v) is 8.22. The molecule has 21 heavy (non-hydrogen) atoms. The Morgan fingerprint density at radius 2 is 2.14 bits per heavy atom. The average Bonchev–Trinajstić information content (AvgIpc) is 3.25. The van der Waals surface area contributed by atoms with Gasteiger partial charge in [-0.3, -0.25) is 4.79 Å². The highest BCUT2D eigenvalue weighted by molar-refractivity contribution is 5.78. The van der Waals surface area contributed by atoms with Crippen molar-refractivity contribution in [3.63, 3.8) is 0 Å². The van der Waals surface area contributed by atoms with Crippen molar-refractivity contribution in [3.8, 4) is 0 Å². The van der Waals surface area contributed by atoms with Crippen molar-refractivity contribution < 1.29 is 14.6 Å². The largest absolute Gasteiger partial charge is 0.480 e. The molecule has 0 bridgehead atoms. The van der Waals surface area contributed by atoms with Gasteiger partial charge in [-0.1, -0.05) is 6.92 Å². The van der Waals surface area contributed by atoms with Crippen molar-refractivity contribution in [1.82, 2.24) is 10.2 Å². The maximum atomic E-state index is 11.4. The number of nitrogens with one attached hydrogen (secondary N) is 1. The van der Waals surface area contributed by atoms with Crippen LogP contribution < -0.4 is 5.32 Å². The number of nitrogens with zero attached hydrogens (tertiary/aromatic N) is 1. The summed E-state index contributed by atoms with van der Waals surface area (Å²) in [5.74, 6) is 0.0580. The summed E-state index contributed by atoms with van der Waals surface area (Å²) in [6.07, 6.45) is 5.12. The third-order valence-corrected chi connectivity index (χ3v) is 4.12. The summed E-state index contributed by atoms with van der Waals surface area (Å²) in [5.41, 5.74) is -0.806. The van der Waals surface area contributed by atoms with Crippen molar-refractivity contribution in [2.24, 2.45) is 5.92 Å². The predicted molar refractivity (Wildman–Crippen MR) is 84.6 cm³/mol. The molecule has 0 spiro atoms. The molecule has 1 fully saturated rings. The molecule has 1 aliphatic carbocycles. The van der Waals surface area contributed by atoms with Crippen LogP contribution in [0.4, 0.5) is 0 Å². The van der Waals surface area contributed by atoms with Gasteiger partial charge in [-0.25, -0.2) is 0 Å². The van der Waals surface area contributed by atoms with Crippen LogP contribution >= 0.6 is 0 Å². The zero-order chi connectivity index (χ0) is 15.7. The van der Waals surface area contributed by atoms with Gasteiger partial charge in [0.2, 0.25) is 0 Å². The fraction of sp³-hybridized carbons (Fsp3) is 0.938. The number of likely N-dealkylation sites (N-methyl/N-ethyl adjacent to an activating group) is 1. The molecule has 1 atom stereocenters. The second-order valence-electron chi connectivity index (χ2n) is 6.49. The molecular weight excluding hydrogens is 268 g/mol. The van der Waals surface area contributed by atoms with E-state index in [2.05, 4.69) is 17.3 Å². The Morgan fingerprint density at radius 1 is 1.43 bits per heavy atom. The van der Waals surface area contributed by atoms with Crippen molar-refractivity contribution in [3.05, 3.63) is 0 Å². The summed E-state index contributed by atoms with van der Waals surface area (Å²) in [6, 6.07) is 0. The van der Waals surface area contributed by atoms with Gasteiger partial charge in [0, 0.05) is 13.2 Å². The molecule has 5 nitrogen and oxygen atoms in total.